The maximum Gasteiger partial charge on any atom is 0.277 e. The first-order chi connectivity index (χ1) is 14.6. The number of halogens is 1. The van der Waals surface area contributed by atoms with Gasteiger partial charge in [-0.1, -0.05) is 46.3 Å². The van der Waals surface area contributed by atoms with Crippen LogP contribution in [0, 0.1) is 0 Å². The molecule has 1 N–H and O–H groups in total. The van der Waals surface area contributed by atoms with Gasteiger partial charge in [-0.05, 0) is 48.0 Å². The molecular formula is C23H21BrN2O4. The first-order valence-corrected chi connectivity index (χ1v) is 9.98. The third-order valence-electron chi connectivity index (χ3n) is 4.04. The number of nitrogens with one attached hydrogen (secondary N) is 1. The summed E-state index contributed by atoms with van der Waals surface area (Å²) in [6.07, 6.45) is 1.55. The molecule has 3 aromatic rings. The van der Waals surface area contributed by atoms with Crippen molar-refractivity contribution in [2.24, 2.45) is 5.10 Å². The van der Waals surface area contributed by atoms with Gasteiger partial charge in [0.05, 0.1) is 13.3 Å². The minimum absolute atomic E-state index is 0.148. The second-order valence-electron chi connectivity index (χ2n) is 6.21. The van der Waals surface area contributed by atoms with Crippen LogP contribution in [0.3, 0.4) is 0 Å². The van der Waals surface area contributed by atoms with Crippen LogP contribution in [0.15, 0.2) is 82.4 Å². The van der Waals surface area contributed by atoms with E-state index in [1.807, 2.05) is 48.5 Å². The normalized spacial score (nSPS) is 10.6. The van der Waals surface area contributed by atoms with Crippen molar-refractivity contribution in [3.63, 3.8) is 0 Å². The van der Waals surface area contributed by atoms with Crippen LogP contribution in [0.4, 0.5) is 0 Å². The Morgan fingerprint density at radius 2 is 1.67 bits per heavy atom. The Balaban J connectivity index is 1.50. The average Bonchev–Trinajstić information content (AvgIpc) is 2.79. The second kappa shape index (κ2) is 11.0. The number of rotatable bonds is 9. The molecule has 0 heterocycles. The van der Waals surface area contributed by atoms with Crippen LogP contribution in [0.2, 0.25) is 0 Å². The summed E-state index contributed by atoms with van der Waals surface area (Å²) in [4.78, 5) is 11.9. The van der Waals surface area contributed by atoms with E-state index >= 15 is 0 Å². The Kier molecular flexibility index (Phi) is 7.86. The summed E-state index contributed by atoms with van der Waals surface area (Å²) < 4.78 is 17.2. The van der Waals surface area contributed by atoms with Crippen molar-refractivity contribution < 1.29 is 19.0 Å². The predicted octanol–water partition coefficient (Wildman–Crippen LogP) is 4.57. The van der Waals surface area contributed by atoms with Crippen LogP contribution in [0.25, 0.3) is 0 Å². The van der Waals surface area contributed by atoms with Gasteiger partial charge in [-0.15, -0.1) is 0 Å². The van der Waals surface area contributed by atoms with Gasteiger partial charge in [0.2, 0.25) is 0 Å². The fourth-order valence-corrected chi connectivity index (χ4v) is 2.83. The van der Waals surface area contributed by atoms with E-state index in [1.165, 1.54) is 0 Å². The number of hydrogen-bond acceptors (Lipinski definition) is 5. The number of hydrazone groups is 1. The van der Waals surface area contributed by atoms with Gasteiger partial charge in [0.1, 0.15) is 23.9 Å². The van der Waals surface area contributed by atoms with Crippen LogP contribution in [0.1, 0.15) is 11.1 Å². The fourth-order valence-electron chi connectivity index (χ4n) is 2.48. The van der Waals surface area contributed by atoms with Crippen LogP contribution >= 0.6 is 15.9 Å². The molecule has 3 aromatic carbocycles. The number of hydrogen-bond donors (Lipinski definition) is 1. The molecule has 0 bridgehead atoms. The van der Waals surface area contributed by atoms with Crippen molar-refractivity contribution in [3.8, 4) is 17.2 Å². The van der Waals surface area contributed by atoms with Gasteiger partial charge in [-0.3, -0.25) is 4.79 Å². The van der Waals surface area contributed by atoms with E-state index in [2.05, 4.69) is 26.5 Å². The molecule has 0 spiro atoms. The molecule has 0 saturated carbocycles. The molecule has 0 atom stereocenters. The molecule has 0 aliphatic rings. The number of benzene rings is 3. The molecule has 0 aliphatic heterocycles. The monoisotopic (exact) mass is 468 g/mol. The lowest BCUT2D eigenvalue weighted by Gasteiger charge is -2.08. The summed E-state index contributed by atoms with van der Waals surface area (Å²) >= 11 is 3.47. The number of methoxy groups -OCH3 is 1. The summed E-state index contributed by atoms with van der Waals surface area (Å²) in [5, 5.41) is 3.99. The summed E-state index contributed by atoms with van der Waals surface area (Å²) in [7, 11) is 1.59. The van der Waals surface area contributed by atoms with Crippen molar-refractivity contribution in [1.29, 1.82) is 0 Å². The van der Waals surface area contributed by atoms with E-state index in [4.69, 9.17) is 14.2 Å². The minimum atomic E-state index is -0.366. The Hall–Kier alpha value is -3.32. The maximum absolute atomic E-state index is 11.9. The molecule has 0 unspecified atom stereocenters. The first-order valence-electron chi connectivity index (χ1n) is 9.19. The topological polar surface area (TPSA) is 69.2 Å². The average molecular weight is 469 g/mol. The van der Waals surface area contributed by atoms with Gasteiger partial charge < -0.3 is 14.2 Å². The highest BCUT2D eigenvalue weighted by Gasteiger charge is 2.04. The second-order valence-corrected chi connectivity index (χ2v) is 7.07. The highest BCUT2D eigenvalue weighted by atomic mass is 79.9. The molecule has 30 heavy (non-hydrogen) atoms. The van der Waals surface area contributed by atoms with E-state index < -0.39 is 0 Å². The number of carbonyl (C=O) groups is 1. The van der Waals surface area contributed by atoms with Gasteiger partial charge in [0, 0.05) is 10.0 Å². The van der Waals surface area contributed by atoms with E-state index in [0.29, 0.717) is 18.1 Å². The lowest BCUT2D eigenvalue weighted by atomic mass is 10.2. The van der Waals surface area contributed by atoms with Crippen molar-refractivity contribution >= 4 is 28.1 Å². The van der Waals surface area contributed by atoms with Crippen LogP contribution in [0.5, 0.6) is 17.2 Å². The number of amides is 1. The van der Waals surface area contributed by atoms with E-state index in [9.17, 15) is 4.79 Å². The van der Waals surface area contributed by atoms with Crippen LogP contribution in [-0.2, 0) is 11.4 Å². The summed E-state index contributed by atoms with van der Waals surface area (Å²) in [5.41, 5.74) is 4.31. The molecule has 0 radical (unpaired) electrons. The molecule has 6 nitrogen and oxygen atoms in total. The van der Waals surface area contributed by atoms with Crippen molar-refractivity contribution in [1.82, 2.24) is 5.43 Å². The Morgan fingerprint density at radius 3 is 2.40 bits per heavy atom. The van der Waals surface area contributed by atoms with E-state index in [1.54, 1.807) is 37.6 Å². The molecule has 0 fully saturated rings. The summed E-state index contributed by atoms with van der Waals surface area (Å²) in [6.45, 7) is 0.323. The van der Waals surface area contributed by atoms with Crippen LogP contribution in [-0.4, -0.2) is 25.8 Å². The first kappa shape index (κ1) is 21.4. The summed E-state index contributed by atoms with van der Waals surface area (Å²) in [5.74, 6) is 1.63. The van der Waals surface area contributed by atoms with Gasteiger partial charge >= 0.3 is 0 Å². The fraction of sp³-hybridized carbons (Fsp3) is 0.130. The lowest BCUT2D eigenvalue weighted by molar-refractivity contribution is -0.123. The quantitative estimate of drug-likeness (QED) is 0.369. The molecular weight excluding hydrogens is 448 g/mol. The number of ether oxygens (including phenoxy) is 3. The van der Waals surface area contributed by atoms with Gasteiger partial charge in [0.15, 0.2) is 6.61 Å². The minimum Gasteiger partial charge on any atom is -0.497 e. The van der Waals surface area contributed by atoms with Gasteiger partial charge in [0.25, 0.3) is 5.91 Å². The third-order valence-corrected chi connectivity index (χ3v) is 4.76. The summed E-state index contributed by atoms with van der Waals surface area (Å²) in [6, 6.07) is 22.5. The molecule has 0 saturated heterocycles. The van der Waals surface area contributed by atoms with E-state index in [0.717, 1.165) is 21.3 Å². The maximum atomic E-state index is 11.9. The SMILES string of the molecule is COc1ccc(OCC(=O)N/N=C\c2cc(OCc3ccccc3)ccc2Br)cc1. The van der Waals surface area contributed by atoms with Gasteiger partial charge in [-0.25, -0.2) is 5.43 Å². The molecule has 0 aromatic heterocycles. The zero-order valence-corrected chi connectivity index (χ0v) is 18.0. The standard InChI is InChI=1S/C23H21BrN2O4/c1-28-19-7-9-20(10-8-19)30-16-23(27)26-25-14-18-13-21(11-12-22(18)24)29-15-17-5-3-2-4-6-17/h2-14H,15-16H2,1H3,(H,26,27)/b25-14-. The molecule has 3 rings (SSSR count). The predicted molar refractivity (Wildman–Crippen MR) is 119 cm³/mol. The zero-order chi connectivity index (χ0) is 21.2. The van der Waals surface area contributed by atoms with Crippen molar-refractivity contribution in [2.45, 2.75) is 6.61 Å². The smallest absolute Gasteiger partial charge is 0.277 e. The largest absolute Gasteiger partial charge is 0.497 e. The highest BCUT2D eigenvalue weighted by Crippen LogP contribution is 2.22. The zero-order valence-electron chi connectivity index (χ0n) is 16.4. The number of carbonyl (C=O) groups excluding carboxylic acids is 1. The highest BCUT2D eigenvalue weighted by molar-refractivity contribution is 9.10. The number of nitrogens with zero attached hydrogens (tertiary/aromatic N) is 1. The Morgan fingerprint density at radius 1 is 0.967 bits per heavy atom. The molecule has 1 amide bonds. The lowest BCUT2D eigenvalue weighted by Crippen LogP contribution is -2.24. The Labute approximate surface area is 183 Å². The Bertz CT molecular complexity index is 992. The molecule has 0 aliphatic carbocycles. The molecule has 7 heteroatoms. The van der Waals surface area contributed by atoms with Crippen molar-refractivity contribution in [3.05, 3.63) is 88.4 Å². The van der Waals surface area contributed by atoms with Crippen molar-refractivity contribution in [2.75, 3.05) is 13.7 Å². The third kappa shape index (κ3) is 6.63. The molecule has 154 valence electrons. The van der Waals surface area contributed by atoms with Gasteiger partial charge in [-0.2, -0.15) is 5.10 Å². The van der Waals surface area contributed by atoms with Crippen LogP contribution < -0.4 is 19.6 Å². The van der Waals surface area contributed by atoms with E-state index in [-0.39, 0.29) is 12.5 Å².